The van der Waals surface area contributed by atoms with Gasteiger partial charge < -0.3 is 10.0 Å². The van der Waals surface area contributed by atoms with Gasteiger partial charge in [0.25, 0.3) is 0 Å². The summed E-state index contributed by atoms with van der Waals surface area (Å²) in [5, 5.41) is 12.0. The minimum absolute atomic E-state index is 0.0503. The largest absolute Gasteiger partial charge is 0.480 e. The third kappa shape index (κ3) is 3.76. The molecule has 0 radical (unpaired) electrons. The fourth-order valence-electron chi connectivity index (χ4n) is 3.51. The second-order valence-electron chi connectivity index (χ2n) is 6.72. The van der Waals surface area contributed by atoms with Gasteiger partial charge in [0.2, 0.25) is 5.91 Å². The molecule has 130 valence electrons. The molecule has 2 aliphatic rings. The van der Waals surface area contributed by atoms with E-state index in [1.807, 2.05) is 4.90 Å². The van der Waals surface area contributed by atoms with Crippen LogP contribution in [0.25, 0.3) is 0 Å². The third-order valence-corrected chi connectivity index (χ3v) is 5.08. The Morgan fingerprint density at radius 3 is 2.42 bits per heavy atom. The summed E-state index contributed by atoms with van der Waals surface area (Å²) in [5.41, 5.74) is 2.63. The van der Waals surface area contributed by atoms with E-state index in [1.165, 1.54) is 11.1 Å². The Labute approximate surface area is 142 Å². The molecule has 2 N–H and O–H groups in total. The first kappa shape index (κ1) is 16.9. The average molecular weight is 331 g/mol. The van der Waals surface area contributed by atoms with Crippen molar-refractivity contribution in [1.29, 1.82) is 0 Å². The number of piperazine rings is 1. The number of hydrogen-bond acceptors (Lipinski definition) is 4. The van der Waals surface area contributed by atoms with Crippen molar-refractivity contribution in [2.24, 2.45) is 0 Å². The van der Waals surface area contributed by atoms with E-state index in [-0.39, 0.29) is 11.9 Å². The zero-order valence-corrected chi connectivity index (χ0v) is 14.1. The molecule has 0 bridgehead atoms. The summed E-state index contributed by atoms with van der Waals surface area (Å²) in [6.45, 7) is 6.17. The zero-order valence-electron chi connectivity index (χ0n) is 14.1. The SMILES string of the molecule is Cc1ccccc1CN1CCN(C(=O)[C@H]2CC[C@@H](C(=O)O)N2)CC1. The zero-order chi connectivity index (χ0) is 17.1. The third-order valence-electron chi connectivity index (χ3n) is 5.08. The number of rotatable bonds is 4. The van der Waals surface area contributed by atoms with Crippen LogP contribution in [0.4, 0.5) is 0 Å². The van der Waals surface area contributed by atoms with Gasteiger partial charge in [0.05, 0.1) is 6.04 Å². The Balaban J connectivity index is 1.49. The molecule has 3 rings (SSSR count). The van der Waals surface area contributed by atoms with E-state index in [9.17, 15) is 9.59 Å². The van der Waals surface area contributed by atoms with Gasteiger partial charge in [0.15, 0.2) is 0 Å². The maximum absolute atomic E-state index is 12.5. The van der Waals surface area contributed by atoms with Crippen molar-refractivity contribution >= 4 is 11.9 Å². The summed E-state index contributed by atoms with van der Waals surface area (Å²) in [6, 6.07) is 7.47. The lowest BCUT2D eigenvalue weighted by Gasteiger charge is -2.36. The molecule has 2 fully saturated rings. The van der Waals surface area contributed by atoms with Crippen LogP contribution in [0.5, 0.6) is 0 Å². The molecule has 0 unspecified atom stereocenters. The Morgan fingerprint density at radius 1 is 1.12 bits per heavy atom. The minimum atomic E-state index is -0.867. The maximum Gasteiger partial charge on any atom is 0.320 e. The maximum atomic E-state index is 12.5. The lowest BCUT2D eigenvalue weighted by atomic mass is 10.1. The lowest BCUT2D eigenvalue weighted by molar-refractivity contribution is -0.139. The summed E-state index contributed by atoms with van der Waals surface area (Å²) >= 11 is 0. The molecule has 2 saturated heterocycles. The van der Waals surface area contributed by atoms with Crippen LogP contribution in [0.3, 0.4) is 0 Å². The van der Waals surface area contributed by atoms with Crippen molar-refractivity contribution < 1.29 is 14.7 Å². The van der Waals surface area contributed by atoms with Gasteiger partial charge in [0, 0.05) is 32.7 Å². The number of amides is 1. The van der Waals surface area contributed by atoms with Crippen LogP contribution in [0, 0.1) is 6.92 Å². The van der Waals surface area contributed by atoms with Crippen LogP contribution in [0.15, 0.2) is 24.3 Å². The number of nitrogens with zero attached hydrogens (tertiary/aromatic N) is 2. The van der Waals surface area contributed by atoms with Crippen molar-refractivity contribution in [2.45, 2.75) is 38.4 Å². The summed E-state index contributed by atoms with van der Waals surface area (Å²) in [6.07, 6.45) is 1.14. The molecule has 6 nitrogen and oxygen atoms in total. The number of aryl methyl sites for hydroxylation is 1. The number of carboxylic acid groups (broad SMARTS) is 1. The molecule has 6 heteroatoms. The van der Waals surface area contributed by atoms with Gasteiger partial charge in [-0.25, -0.2) is 0 Å². The highest BCUT2D eigenvalue weighted by Crippen LogP contribution is 2.17. The molecule has 0 aromatic heterocycles. The Kier molecular flexibility index (Phi) is 5.16. The fourth-order valence-corrected chi connectivity index (χ4v) is 3.51. The summed E-state index contributed by atoms with van der Waals surface area (Å²) in [5.74, 6) is -0.817. The monoisotopic (exact) mass is 331 g/mol. The second-order valence-corrected chi connectivity index (χ2v) is 6.72. The first-order chi connectivity index (χ1) is 11.5. The van der Waals surface area contributed by atoms with E-state index < -0.39 is 12.0 Å². The number of carbonyl (C=O) groups excluding carboxylic acids is 1. The van der Waals surface area contributed by atoms with Crippen molar-refractivity contribution in [3.63, 3.8) is 0 Å². The van der Waals surface area contributed by atoms with Gasteiger partial charge in [-0.1, -0.05) is 24.3 Å². The molecule has 24 heavy (non-hydrogen) atoms. The number of benzene rings is 1. The van der Waals surface area contributed by atoms with E-state index in [2.05, 4.69) is 41.4 Å². The highest BCUT2D eigenvalue weighted by atomic mass is 16.4. The average Bonchev–Trinajstić information content (AvgIpc) is 3.07. The Hall–Kier alpha value is -1.92. The minimum Gasteiger partial charge on any atom is -0.480 e. The summed E-state index contributed by atoms with van der Waals surface area (Å²) in [7, 11) is 0. The fraction of sp³-hybridized carbons (Fsp3) is 0.556. The molecule has 1 amide bonds. The topological polar surface area (TPSA) is 72.9 Å². The molecule has 1 aromatic carbocycles. The van der Waals surface area contributed by atoms with Gasteiger partial charge in [-0.05, 0) is 30.9 Å². The van der Waals surface area contributed by atoms with Gasteiger partial charge >= 0.3 is 5.97 Å². The molecule has 0 aliphatic carbocycles. The number of carboxylic acids is 1. The first-order valence-corrected chi connectivity index (χ1v) is 8.59. The van der Waals surface area contributed by atoms with Crippen LogP contribution >= 0.6 is 0 Å². The van der Waals surface area contributed by atoms with Gasteiger partial charge in [0.1, 0.15) is 6.04 Å². The predicted molar refractivity (Wildman–Crippen MR) is 90.6 cm³/mol. The lowest BCUT2D eigenvalue weighted by Crippen LogP contribution is -2.53. The van der Waals surface area contributed by atoms with Crippen LogP contribution in [0.2, 0.25) is 0 Å². The molecule has 2 heterocycles. The standard InChI is InChI=1S/C18H25N3O3/c1-13-4-2-3-5-14(13)12-20-8-10-21(11-9-20)17(22)15-6-7-16(19-15)18(23)24/h2-5,15-16,19H,6-12H2,1H3,(H,23,24)/t15-,16+/m1/s1. The van der Waals surface area contributed by atoms with Crippen LogP contribution < -0.4 is 5.32 Å². The second kappa shape index (κ2) is 7.32. The van der Waals surface area contributed by atoms with Gasteiger partial charge in [-0.3, -0.25) is 19.8 Å². The molecule has 1 aromatic rings. The smallest absolute Gasteiger partial charge is 0.320 e. The first-order valence-electron chi connectivity index (χ1n) is 8.59. The van der Waals surface area contributed by atoms with Crippen molar-refractivity contribution in [2.75, 3.05) is 26.2 Å². The Bertz CT molecular complexity index is 611. The predicted octanol–water partition coefficient (Wildman–Crippen LogP) is 0.844. The van der Waals surface area contributed by atoms with Gasteiger partial charge in [-0.2, -0.15) is 0 Å². The van der Waals surface area contributed by atoms with E-state index in [0.717, 1.165) is 19.6 Å². The number of aliphatic carboxylic acids is 1. The number of hydrogen-bond donors (Lipinski definition) is 2. The van der Waals surface area contributed by atoms with Crippen LogP contribution in [-0.2, 0) is 16.1 Å². The molecule has 2 atom stereocenters. The summed E-state index contributed by atoms with van der Waals surface area (Å²) in [4.78, 5) is 27.8. The van der Waals surface area contributed by atoms with Crippen LogP contribution in [0.1, 0.15) is 24.0 Å². The van der Waals surface area contributed by atoms with E-state index in [1.54, 1.807) is 0 Å². The molecular formula is C18H25N3O3. The molecule has 0 spiro atoms. The van der Waals surface area contributed by atoms with Crippen molar-refractivity contribution in [3.8, 4) is 0 Å². The molecule has 2 aliphatic heterocycles. The quantitative estimate of drug-likeness (QED) is 0.855. The van der Waals surface area contributed by atoms with E-state index in [0.29, 0.717) is 25.9 Å². The number of nitrogens with one attached hydrogen (secondary N) is 1. The Morgan fingerprint density at radius 2 is 1.79 bits per heavy atom. The summed E-state index contributed by atoms with van der Waals surface area (Å²) < 4.78 is 0. The molecule has 0 saturated carbocycles. The van der Waals surface area contributed by atoms with E-state index in [4.69, 9.17) is 5.11 Å². The van der Waals surface area contributed by atoms with E-state index >= 15 is 0 Å². The van der Waals surface area contributed by atoms with Crippen LogP contribution in [-0.4, -0.2) is 65.0 Å². The highest BCUT2D eigenvalue weighted by molar-refractivity contribution is 5.84. The normalized spacial score (nSPS) is 25.0. The molecular weight excluding hydrogens is 306 g/mol. The highest BCUT2D eigenvalue weighted by Gasteiger charge is 2.35. The van der Waals surface area contributed by atoms with Gasteiger partial charge in [-0.15, -0.1) is 0 Å². The number of carbonyl (C=O) groups is 2. The van der Waals surface area contributed by atoms with Crippen molar-refractivity contribution in [1.82, 2.24) is 15.1 Å². The van der Waals surface area contributed by atoms with Crippen molar-refractivity contribution in [3.05, 3.63) is 35.4 Å².